The predicted octanol–water partition coefficient (Wildman–Crippen LogP) is 6.66. The highest BCUT2D eigenvalue weighted by Crippen LogP contribution is 2.42. The number of furan rings is 1. The highest BCUT2D eigenvalue weighted by atomic mass is 32.2. The Balaban J connectivity index is 1.41. The van der Waals surface area contributed by atoms with Gasteiger partial charge in [-0.25, -0.2) is 31.6 Å². The van der Waals surface area contributed by atoms with Crippen molar-refractivity contribution in [1.82, 2.24) is 19.9 Å². The lowest BCUT2D eigenvalue weighted by Gasteiger charge is -2.23. The van der Waals surface area contributed by atoms with Crippen molar-refractivity contribution in [2.45, 2.75) is 25.8 Å². The minimum atomic E-state index is -3.78. The third-order valence-electron chi connectivity index (χ3n) is 8.56. The van der Waals surface area contributed by atoms with Gasteiger partial charge in [-0.3, -0.25) is 9.10 Å². The minimum Gasteiger partial charge on any atom is -0.471 e. The Morgan fingerprint density at radius 3 is 2.61 bits per heavy atom. The Hall–Kier alpha value is -5.37. The first kappa shape index (κ1) is 32.2. The number of fused-ring (bicyclic) bond motifs is 6. The van der Waals surface area contributed by atoms with E-state index in [-0.39, 0.29) is 34.3 Å². The Bertz CT molecular complexity index is 2400. The molecule has 5 heterocycles. The van der Waals surface area contributed by atoms with Gasteiger partial charge in [-0.1, -0.05) is 12.1 Å². The monoisotopic (exact) mass is 689 g/mol. The maximum atomic E-state index is 14.8. The number of rotatable bonds is 8. The molecular formula is C35H30F3N5O5S. The number of sulfonamides is 1. The first-order chi connectivity index (χ1) is 23.2. The molecule has 0 saturated carbocycles. The lowest BCUT2D eigenvalue weighted by atomic mass is 9.99. The Morgan fingerprint density at radius 1 is 1.12 bits per heavy atom. The van der Waals surface area contributed by atoms with Crippen LogP contribution in [0.15, 0.2) is 71.3 Å². The minimum absolute atomic E-state index is 0.0394. The van der Waals surface area contributed by atoms with Crippen molar-refractivity contribution in [3.05, 3.63) is 83.8 Å². The van der Waals surface area contributed by atoms with E-state index in [2.05, 4.69) is 10.3 Å². The number of hydrogen-bond donors (Lipinski definition) is 1. The first-order valence-electron chi connectivity index (χ1n) is 15.3. The molecule has 7 rings (SSSR count). The van der Waals surface area contributed by atoms with Crippen molar-refractivity contribution in [3.63, 3.8) is 0 Å². The van der Waals surface area contributed by atoms with E-state index >= 15 is 0 Å². The lowest BCUT2D eigenvalue weighted by molar-refractivity contribution is -0.0242. The van der Waals surface area contributed by atoms with Gasteiger partial charge < -0.3 is 19.0 Å². The number of aryl methyl sites for hydroxylation is 2. The van der Waals surface area contributed by atoms with E-state index in [1.807, 2.05) is 16.7 Å². The predicted molar refractivity (Wildman–Crippen MR) is 180 cm³/mol. The Kier molecular flexibility index (Phi) is 7.65. The second-order valence-corrected chi connectivity index (χ2v) is 14.0. The van der Waals surface area contributed by atoms with Gasteiger partial charge in [0.15, 0.2) is 6.61 Å². The number of ether oxygens (including phenoxy) is 1. The third kappa shape index (κ3) is 5.75. The average molecular weight is 690 g/mol. The fourth-order valence-electron chi connectivity index (χ4n) is 6.11. The zero-order chi connectivity index (χ0) is 34.8. The van der Waals surface area contributed by atoms with E-state index in [9.17, 15) is 26.4 Å². The fraction of sp³-hybridized carbons (Fsp3) is 0.229. The number of carbonyl (C=O) groups excluding carboxylic acids is 1. The molecule has 0 atom stereocenters. The molecule has 0 saturated heterocycles. The van der Waals surface area contributed by atoms with E-state index in [1.165, 1.54) is 44.6 Å². The maximum absolute atomic E-state index is 14.8. The van der Waals surface area contributed by atoms with Gasteiger partial charge in [-0.2, -0.15) is 0 Å². The van der Waals surface area contributed by atoms with Gasteiger partial charge >= 0.3 is 0 Å². The van der Waals surface area contributed by atoms with Gasteiger partial charge in [0.1, 0.15) is 17.2 Å². The number of pyridine rings is 2. The largest absolute Gasteiger partial charge is 0.471 e. The molecule has 0 bridgehead atoms. The molecule has 0 aliphatic carbocycles. The number of alkyl halides is 2. The Labute approximate surface area is 279 Å². The quantitative estimate of drug-likeness (QED) is 0.190. The van der Waals surface area contributed by atoms with Crippen LogP contribution in [0.25, 0.3) is 55.8 Å². The number of nitrogens with one attached hydrogen (secondary N) is 1. The van der Waals surface area contributed by atoms with E-state index < -0.39 is 28.5 Å². The summed E-state index contributed by atoms with van der Waals surface area (Å²) in [5.74, 6) is -3.79. The number of anilines is 1. The average Bonchev–Trinajstić information content (AvgIpc) is 3.65. The molecule has 0 unspecified atom stereocenters. The van der Waals surface area contributed by atoms with Gasteiger partial charge in [0, 0.05) is 67.8 Å². The first-order valence-corrected chi connectivity index (χ1v) is 17.1. The molecule has 1 aliphatic rings. The number of benzene rings is 2. The molecule has 2 aromatic carbocycles. The number of halogens is 3. The molecule has 49 heavy (non-hydrogen) atoms. The zero-order valence-electron chi connectivity index (χ0n) is 26.8. The van der Waals surface area contributed by atoms with Crippen LogP contribution in [-0.4, -0.2) is 61.7 Å². The van der Waals surface area contributed by atoms with Crippen molar-refractivity contribution in [2.75, 3.05) is 31.3 Å². The summed E-state index contributed by atoms with van der Waals surface area (Å²) in [7, 11) is -0.908. The summed E-state index contributed by atoms with van der Waals surface area (Å²) in [5.41, 5.74) is 4.88. The molecule has 0 spiro atoms. The van der Waals surface area contributed by atoms with Crippen molar-refractivity contribution in [2.24, 2.45) is 0 Å². The maximum Gasteiger partial charge on any atom is 0.278 e. The van der Waals surface area contributed by atoms with E-state index in [0.29, 0.717) is 46.3 Å². The normalized spacial score (nSPS) is 13.0. The summed E-state index contributed by atoms with van der Waals surface area (Å²) in [4.78, 5) is 22.5. The smallest absolute Gasteiger partial charge is 0.278 e. The summed E-state index contributed by atoms with van der Waals surface area (Å²) in [6.07, 6.45) is 3.07. The topological polar surface area (TPSA) is 120 Å². The summed E-state index contributed by atoms with van der Waals surface area (Å²) >= 11 is 0. The van der Waals surface area contributed by atoms with Crippen LogP contribution in [0.1, 0.15) is 22.8 Å². The number of carbonyl (C=O) groups is 1. The Morgan fingerprint density at radius 2 is 1.92 bits per heavy atom. The molecule has 1 N–H and O–H groups in total. The molecule has 0 radical (unpaired) electrons. The second kappa shape index (κ2) is 11.7. The molecule has 1 aliphatic heterocycles. The molecule has 252 valence electrons. The SMILES string of the molecule is CNC(=O)c1c(-c2ccc(OCC(C)(F)F)nc2)oc2cc(N(C)S(C)(=O)=O)c(-c3ccc4c(n3)-c3cc5c(F)cccc5n3CC4)cc12. The van der Waals surface area contributed by atoms with Crippen molar-refractivity contribution >= 4 is 43.5 Å². The molecule has 0 fully saturated rings. The molecule has 1 amide bonds. The van der Waals surface area contributed by atoms with Crippen LogP contribution in [0, 0.1) is 5.82 Å². The van der Waals surface area contributed by atoms with Crippen LogP contribution >= 0.6 is 0 Å². The lowest BCUT2D eigenvalue weighted by Crippen LogP contribution is -2.25. The summed E-state index contributed by atoms with van der Waals surface area (Å²) in [6, 6.07) is 16.5. The summed E-state index contributed by atoms with van der Waals surface area (Å²) < 4.78 is 81.5. The van der Waals surface area contributed by atoms with E-state index in [1.54, 1.807) is 24.3 Å². The number of aromatic nitrogens is 3. The second-order valence-electron chi connectivity index (χ2n) is 12.0. The summed E-state index contributed by atoms with van der Waals surface area (Å²) in [5, 5.41) is 3.48. The van der Waals surface area contributed by atoms with Gasteiger partial charge in [-0.15, -0.1) is 0 Å². The highest BCUT2D eigenvalue weighted by molar-refractivity contribution is 7.92. The molecule has 4 aromatic heterocycles. The van der Waals surface area contributed by atoms with Crippen LogP contribution in [0.2, 0.25) is 0 Å². The molecule has 6 aromatic rings. The molecular weight excluding hydrogens is 659 g/mol. The van der Waals surface area contributed by atoms with Crippen LogP contribution in [-0.2, 0) is 23.0 Å². The van der Waals surface area contributed by atoms with Crippen molar-refractivity contribution < 1.29 is 35.5 Å². The van der Waals surface area contributed by atoms with Gasteiger partial charge in [-0.05, 0) is 48.4 Å². The van der Waals surface area contributed by atoms with Gasteiger partial charge in [0.05, 0.1) is 40.1 Å². The number of nitrogens with zero attached hydrogens (tertiary/aromatic N) is 4. The fourth-order valence-corrected chi connectivity index (χ4v) is 6.62. The van der Waals surface area contributed by atoms with Crippen LogP contribution in [0.3, 0.4) is 0 Å². The highest BCUT2D eigenvalue weighted by Gasteiger charge is 2.28. The third-order valence-corrected chi connectivity index (χ3v) is 9.76. The zero-order valence-corrected chi connectivity index (χ0v) is 27.7. The van der Waals surface area contributed by atoms with Gasteiger partial charge in [0.2, 0.25) is 15.9 Å². The summed E-state index contributed by atoms with van der Waals surface area (Å²) in [6.45, 7) is 0.517. The van der Waals surface area contributed by atoms with Crippen LogP contribution in [0.4, 0.5) is 18.9 Å². The van der Waals surface area contributed by atoms with E-state index in [0.717, 1.165) is 34.3 Å². The van der Waals surface area contributed by atoms with Crippen LogP contribution in [0.5, 0.6) is 5.88 Å². The van der Waals surface area contributed by atoms with Gasteiger partial charge in [0.25, 0.3) is 11.8 Å². The van der Waals surface area contributed by atoms with Crippen molar-refractivity contribution in [3.8, 4) is 39.8 Å². The standard InChI is InChI=1S/C35H30F3N5O5S/c1-35(37,38)18-47-30-11-9-20(17-40-30)33-31(34(44)39-2)23-14-22(27(16-29(23)48-33)42(3)49(4,45)46)25-10-8-19-12-13-43-26-7-5-6-24(36)21(26)15-28(43)32(19)41-25/h5-11,14-17H,12-13,18H2,1-4H3,(H,39,44). The number of hydrogen-bond acceptors (Lipinski definition) is 7. The molecule has 10 nitrogen and oxygen atoms in total. The number of amides is 1. The molecule has 14 heteroatoms. The van der Waals surface area contributed by atoms with E-state index in [4.69, 9.17) is 14.1 Å². The van der Waals surface area contributed by atoms with Crippen molar-refractivity contribution in [1.29, 1.82) is 0 Å². The van der Waals surface area contributed by atoms with Crippen LogP contribution < -0.4 is 14.4 Å².